The molecule has 0 radical (unpaired) electrons. The second kappa shape index (κ2) is 7.17. The summed E-state index contributed by atoms with van der Waals surface area (Å²) >= 11 is 0. The van der Waals surface area contributed by atoms with Crippen molar-refractivity contribution in [2.45, 2.75) is 0 Å². The first kappa shape index (κ1) is 20.5. The van der Waals surface area contributed by atoms with Gasteiger partial charge in [-0.25, -0.2) is 19.2 Å². The van der Waals surface area contributed by atoms with Gasteiger partial charge in [-0.2, -0.15) is 0 Å². The molecular formula is C14H12O10. The molecule has 2 rings (SSSR count). The van der Waals surface area contributed by atoms with Crippen LogP contribution in [0.5, 0.6) is 0 Å². The molecule has 0 saturated heterocycles. The minimum atomic E-state index is -1.83. The Bertz CT molecular complexity index is 782. The second-order valence-corrected chi connectivity index (χ2v) is 4.27. The van der Waals surface area contributed by atoms with E-state index < -0.39 is 46.1 Å². The highest BCUT2D eigenvalue weighted by molar-refractivity contribution is 6.23. The van der Waals surface area contributed by atoms with Crippen LogP contribution in [-0.2, 0) is 0 Å². The number of carbonyl (C=O) groups is 4. The van der Waals surface area contributed by atoms with Crippen LogP contribution in [0.25, 0.3) is 10.8 Å². The fraction of sp³-hybridized carbons (Fsp3) is 0. The van der Waals surface area contributed by atoms with E-state index in [9.17, 15) is 39.6 Å². The number of carboxylic acid groups (broad SMARTS) is 4. The van der Waals surface area contributed by atoms with Gasteiger partial charge in [0.15, 0.2) is 0 Å². The molecule has 10 nitrogen and oxygen atoms in total. The Morgan fingerprint density at radius 1 is 0.542 bits per heavy atom. The lowest BCUT2D eigenvalue weighted by atomic mass is 9.88. The molecule has 10 heteroatoms. The van der Waals surface area contributed by atoms with E-state index in [1.54, 1.807) is 0 Å². The highest BCUT2D eigenvalue weighted by atomic mass is 16.4. The average Bonchev–Trinajstić information content (AvgIpc) is 2.43. The summed E-state index contributed by atoms with van der Waals surface area (Å²) in [5, 5.41) is 36.6. The largest absolute Gasteiger partial charge is 0.478 e. The molecule has 0 aromatic heterocycles. The van der Waals surface area contributed by atoms with Gasteiger partial charge in [-0.15, -0.1) is 0 Å². The van der Waals surface area contributed by atoms with Crippen LogP contribution in [-0.4, -0.2) is 55.3 Å². The Morgan fingerprint density at radius 2 is 0.792 bits per heavy atom. The van der Waals surface area contributed by atoms with Gasteiger partial charge >= 0.3 is 23.9 Å². The zero-order valence-electron chi connectivity index (χ0n) is 11.7. The topological polar surface area (TPSA) is 212 Å². The molecule has 0 aliphatic rings. The van der Waals surface area contributed by atoms with E-state index >= 15 is 0 Å². The standard InChI is InChI=1S/C14H8O8.2H2O/c15-11(16)7-5-3-1-2-4-6(5)8(12(17)18)10(14(21)22)9(7)13(19)20;;/h1-4H,(H,15,16)(H,17,18)(H,19,20)(H,21,22);2*1H2. The van der Waals surface area contributed by atoms with E-state index in [-0.39, 0.29) is 21.7 Å². The van der Waals surface area contributed by atoms with Crippen LogP contribution in [0.1, 0.15) is 41.4 Å². The summed E-state index contributed by atoms with van der Waals surface area (Å²) in [5.74, 6) is -6.98. The molecule has 2 aromatic carbocycles. The Balaban J connectivity index is 0.00000264. The third-order valence-corrected chi connectivity index (χ3v) is 3.07. The summed E-state index contributed by atoms with van der Waals surface area (Å²) in [6.45, 7) is 0. The first-order chi connectivity index (χ1) is 10.3. The smallest absolute Gasteiger partial charge is 0.337 e. The second-order valence-electron chi connectivity index (χ2n) is 4.27. The van der Waals surface area contributed by atoms with Gasteiger partial charge in [-0.1, -0.05) is 24.3 Å². The van der Waals surface area contributed by atoms with Crippen molar-refractivity contribution in [1.82, 2.24) is 0 Å². The highest BCUT2D eigenvalue weighted by Crippen LogP contribution is 2.31. The molecule has 0 bridgehead atoms. The predicted molar refractivity (Wildman–Crippen MR) is 79.0 cm³/mol. The Hall–Kier alpha value is -3.50. The van der Waals surface area contributed by atoms with Crippen LogP contribution in [0.15, 0.2) is 24.3 Å². The van der Waals surface area contributed by atoms with Gasteiger partial charge in [0.25, 0.3) is 0 Å². The first-order valence-corrected chi connectivity index (χ1v) is 5.79. The summed E-state index contributed by atoms with van der Waals surface area (Å²) in [6.07, 6.45) is 0. The molecule has 0 aliphatic carbocycles. The third-order valence-electron chi connectivity index (χ3n) is 3.07. The van der Waals surface area contributed by atoms with Crippen molar-refractivity contribution in [3.8, 4) is 0 Å². The van der Waals surface area contributed by atoms with Crippen LogP contribution in [0, 0.1) is 0 Å². The zero-order chi connectivity index (χ0) is 16.6. The van der Waals surface area contributed by atoms with Crippen molar-refractivity contribution in [2.24, 2.45) is 0 Å². The van der Waals surface area contributed by atoms with Crippen LogP contribution in [0.2, 0.25) is 0 Å². The Morgan fingerprint density at radius 3 is 1.00 bits per heavy atom. The quantitative estimate of drug-likeness (QED) is 0.592. The van der Waals surface area contributed by atoms with Gasteiger partial charge in [-0.05, 0) is 10.8 Å². The van der Waals surface area contributed by atoms with E-state index in [0.29, 0.717) is 0 Å². The molecule has 0 amide bonds. The van der Waals surface area contributed by atoms with E-state index in [1.165, 1.54) is 24.3 Å². The lowest BCUT2D eigenvalue weighted by Crippen LogP contribution is -2.20. The lowest BCUT2D eigenvalue weighted by molar-refractivity contribution is 0.0621. The number of carboxylic acids is 4. The van der Waals surface area contributed by atoms with Crippen LogP contribution < -0.4 is 0 Å². The molecule has 2 aromatic rings. The molecule has 0 spiro atoms. The van der Waals surface area contributed by atoms with E-state index in [4.69, 9.17) is 0 Å². The third kappa shape index (κ3) is 2.99. The van der Waals surface area contributed by atoms with Gasteiger partial charge in [-0.3, -0.25) is 0 Å². The number of aromatic carboxylic acids is 4. The molecule has 0 fully saturated rings. The summed E-state index contributed by atoms with van der Waals surface area (Å²) in [6, 6.07) is 5.24. The minimum Gasteiger partial charge on any atom is -0.478 e. The van der Waals surface area contributed by atoms with Crippen LogP contribution in [0.3, 0.4) is 0 Å². The number of hydrogen-bond donors (Lipinski definition) is 4. The fourth-order valence-corrected chi connectivity index (χ4v) is 2.31. The predicted octanol–water partition coefficient (Wildman–Crippen LogP) is -0.0168. The minimum absolute atomic E-state index is 0. The molecule has 0 atom stereocenters. The monoisotopic (exact) mass is 340 g/mol. The molecule has 128 valence electrons. The molecule has 0 heterocycles. The molecular weight excluding hydrogens is 328 g/mol. The van der Waals surface area contributed by atoms with E-state index in [2.05, 4.69) is 0 Å². The van der Waals surface area contributed by atoms with Crippen molar-refractivity contribution in [2.75, 3.05) is 0 Å². The Labute approximate surface area is 132 Å². The van der Waals surface area contributed by atoms with Gasteiger partial charge in [0.2, 0.25) is 0 Å². The normalized spacial score (nSPS) is 9.50. The maximum absolute atomic E-state index is 11.4. The van der Waals surface area contributed by atoms with Crippen molar-refractivity contribution in [3.05, 3.63) is 46.5 Å². The van der Waals surface area contributed by atoms with Crippen LogP contribution >= 0.6 is 0 Å². The maximum Gasteiger partial charge on any atom is 0.337 e. The van der Waals surface area contributed by atoms with Gasteiger partial charge in [0.05, 0.1) is 22.3 Å². The van der Waals surface area contributed by atoms with E-state index in [0.717, 1.165) is 0 Å². The van der Waals surface area contributed by atoms with Crippen molar-refractivity contribution in [3.63, 3.8) is 0 Å². The number of benzene rings is 2. The summed E-state index contributed by atoms with van der Waals surface area (Å²) in [5.41, 5.74) is -3.64. The summed E-state index contributed by atoms with van der Waals surface area (Å²) in [7, 11) is 0. The average molecular weight is 340 g/mol. The number of hydrogen-bond acceptors (Lipinski definition) is 4. The Kier molecular flexibility index (Phi) is 6.13. The van der Waals surface area contributed by atoms with Crippen molar-refractivity contribution >= 4 is 34.6 Å². The molecule has 0 saturated carbocycles. The maximum atomic E-state index is 11.4. The van der Waals surface area contributed by atoms with Gasteiger partial charge in [0, 0.05) is 0 Å². The molecule has 0 unspecified atom stereocenters. The molecule has 24 heavy (non-hydrogen) atoms. The summed E-state index contributed by atoms with van der Waals surface area (Å²) < 4.78 is 0. The van der Waals surface area contributed by atoms with Gasteiger partial charge in [0.1, 0.15) is 0 Å². The summed E-state index contributed by atoms with van der Waals surface area (Å²) in [4.78, 5) is 45.5. The zero-order valence-corrected chi connectivity index (χ0v) is 11.7. The van der Waals surface area contributed by atoms with E-state index in [1.807, 2.05) is 0 Å². The lowest BCUT2D eigenvalue weighted by Gasteiger charge is -2.14. The molecule has 0 aliphatic heterocycles. The highest BCUT2D eigenvalue weighted by Gasteiger charge is 2.32. The molecule has 8 N–H and O–H groups in total. The first-order valence-electron chi connectivity index (χ1n) is 5.79. The van der Waals surface area contributed by atoms with Crippen LogP contribution in [0.4, 0.5) is 0 Å². The van der Waals surface area contributed by atoms with Crippen molar-refractivity contribution < 1.29 is 50.6 Å². The van der Waals surface area contributed by atoms with Crippen molar-refractivity contribution in [1.29, 1.82) is 0 Å². The SMILES string of the molecule is O.O.O=C(O)c1c(C(=O)O)c(C(=O)O)c2ccccc2c1C(=O)O. The number of fused-ring (bicyclic) bond motifs is 1. The number of rotatable bonds is 4. The van der Waals surface area contributed by atoms with Gasteiger partial charge < -0.3 is 31.4 Å². The fourth-order valence-electron chi connectivity index (χ4n) is 2.31.